The molecule has 0 amide bonds. The maximum atomic E-state index is 14.9. The Morgan fingerprint density at radius 3 is 2.61 bits per heavy atom. The van der Waals surface area contributed by atoms with Gasteiger partial charge >= 0.3 is 0 Å². The quantitative estimate of drug-likeness (QED) is 0.259. The van der Waals surface area contributed by atoms with Gasteiger partial charge in [-0.15, -0.1) is 0 Å². The standard InChI is InChI=1S/C20H24F3N5O4S/c1-25-19(24)27-20(12-6-14(22)15(23)7-13(12)21)10-28(8-16(20)33(29)30)17-4-11(9-31-2)5-18(26-17)32-3/h4-7,16H,8-10H2,1-3H3,(H,29,30)(H3,24,25,27)/p-1. The van der Waals surface area contributed by atoms with Crippen LogP contribution in [0.5, 0.6) is 5.88 Å². The summed E-state index contributed by atoms with van der Waals surface area (Å²) in [6.45, 7) is -0.144. The highest BCUT2D eigenvalue weighted by Crippen LogP contribution is 2.39. The summed E-state index contributed by atoms with van der Waals surface area (Å²) < 4.78 is 77.7. The van der Waals surface area contributed by atoms with Crippen molar-refractivity contribution in [2.45, 2.75) is 17.4 Å². The number of hydrogen-bond acceptors (Lipinski definition) is 7. The van der Waals surface area contributed by atoms with Gasteiger partial charge in [0, 0.05) is 44.9 Å². The highest BCUT2D eigenvalue weighted by molar-refractivity contribution is 7.80. The predicted octanol–water partition coefficient (Wildman–Crippen LogP) is 1.15. The molecule has 1 aromatic heterocycles. The highest BCUT2D eigenvalue weighted by Gasteiger charge is 2.51. The van der Waals surface area contributed by atoms with Gasteiger partial charge in [0.05, 0.1) is 19.0 Å². The van der Waals surface area contributed by atoms with Gasteiger partial charge in [0.2, 0.25) is 5.88 Å². The maximum Gasteiger partial charge on any atom is 0.215 e. The lowest BCUT2D eigenvalue weighted by Gasteiger charge is -2.37. The maximum absolute atomic E-state index is 14.9. The zero-order chi connectivity index (χ0) is 24.3. The zero-order valence-electron chi connectivity index (χ0n) is 18.1. The van der Waals surface area contributed by atoms with Crippen molar-refractivity contribution in [1.29, 1.82) is 0 Å². The van der Waals surface area contributed by atoms with E-state index in [0.717, 1.165) is 0 Å². The molecule has 3 N–H and O–H groups in total. The van der Waals surface area contributed by atoms with E-state index >= 15 is 0 Å². The number of aromatic nitrogens is 1. The summed E-state index contributed by atoms with van der Waals surface area (Å²) >= 11 is -2.79. The molecule has 3 unspecified atom stereocenters. The van der Waals surface area contributed by atoms with Gasteiger partial charge in [0.15, 0.2) is 17.6 Å². The molecule has 1 saturated heterocycles. The van der Waals surface area contributed by atoms with Crippen molar-refractivity contribution >= 4 is 22.9 Å². The molecule has 2 aromatic rings. The molecule has 2 heterocycles. The number of nitrogens with two attached hydrogens (primary N) is 1. The number of aliphatic imine (C=N–C) groups is 1. The van der Waals surface area contributed by atoms with Crippen molar-refractivity contribution in [3.8, 4) is 5.88 Å². The van der Waals surface area contributed by atoms with E-state index in [9.17, 15) is 21.9 Å². The second-order valence-corrected chi connectivity index (χ2v) is 8.48. The van der Waals surface area contributed by atoms with E-state index < -0.39 is 44.9 Å². The number of nitrogens with zero attached hydrogens (tertiary/aromatic N) is 3. The van der Waals surface area contributed by atoms with Crippen LogP contribution in [0.2, 0.25) is 0 Å². The Bertz CT molecular complexity index is 1090. The Morgan fingerprint density at radius 1 is 1.30 bits per heavy atom. The molecule has 1 aliphatic rings. The fraction of sp³-hybridized carbons (Fsp3) is 0.400. The third kappa shape index (κ3) is 4.89. The van der Waals surface area contributed by atoms with E-state index in [4.69, 9.17) is 15.2 Å². The molecule has 0 saturated carbocycles. The topological polar surface area (TPSA) is 125 Å². The molecule has 0 spiro atoms. The van der Waals surface area contributed by atoms with Gasteiger partial charge in [-0.3, -0.25) is 9.20 Å². The number of guanidine groups is 1. The lowest BCUT2D eigenvalue weighted by Crippen LogP contribution is -2.57. The summed E-state index contributed by atoms with van der Waals surface area (Å²) in [6, 6.07) is 4.29. The number of benzene rings is 1. The monoisotopic (exact) mass is 486 g/mol. The molecule has 1 aliphatic heterocycles. The molecule has 0 aliphatic carbocycles. The number of nitrogens with one attached hydrogen (secondary N) is 1. The van der Waals surface area contributed by atoms with E-state index in [2.05, 4.69) is 15.3 Å². The van der Waals surface area contributed by atoms with Crippen LogP contribution in [0.25, 0.3) is 0 Å². The van der Waals surface area contributed by atoms with Crippen LogP contribution in [0, 0.1) is 17.5 Å². The Hall–Kier alpha value is -2.90. The second-order valence-electron chi connectivity index (χ2n) is 7.39. The molecule has 180 valence electrons. The van der Waals surface area contributed by atoms with Crippen LogP contribution in [0.3, 0.4) is 0 Å². The van der Waals surface area contributed by atoms with Crippen LogP contribution in [0.15, 0.2) is 29.3 Å². The molecule has 3 atom stereocenters. The zero-order valence-corrected chi connectivity index (χ0v) is 18.9. The minimum atomic E-state index is -2.79. The van der Waals surface area contributed by atoms with Gasteiger partial charge < -0.3 is 30.0 Å². The fourth-order valence-electron chi connectivity index (χ4n) is 3.88. The van der Waals surface area contributed by atoms with E-state index in [-0.39, 0.29) is 31.5 Å². The molecule has 9 nitrogen and oxygen atoms in total. The van der Waals surface area contributed by atoms with Gasteiger partial charge in [-0.05, 0) is 28.8 Å². The average molecular weight is 486 g/mol. The Labute approximate surface area is 191 Å². The minimum absolute atomic E-state index is 0.162. The van der Waals surface area contributed by atoms with Crippen molar-refractivity contribution in [3.05, 3.63) is 52.8 Å². The van der Waals surface area contributed by atoms with Crippen molar-refractivity contribution in [2.75, 3.05) is 39.3 Å². The number of pyridine rings is 1. The summed E-state index contributed by atoms with van der Waals surface area (Å²) in [7, 11) is 4.27. The van der Waals surface area contributed by atoms with E-state index in [1.807, 2.05) is 0 Å². The minimum Gasteiger partial charge on any atom is -0.772 e. The van der Waals surface area contributed by atoms with Crippen LogP contribution in [-0.2, 0) is 28.0 Å². The molecule has 3 rings (SSSR count). The van der Waals surface area contributed by atoms with Crippen molar-refractivity contribution < 1.29 is 31.4 Å². The van der Waals surface area contributed by atoms with Crippen LogP contribution in [0.1, 0.15) is 11.1 Å². The molecular formula is C20H23F3N5O4S-. The molecule has 0 bridgehead atoms. The molecule has 13 heteroatoms. The van der Waals surface area contributed by atoms with Gasteiger partial charge in [-0.2, -0.15) is 4.98 Å². The predicted molar refractivity (Wildman–Crippen MR) is 115 cm³/mol. The number of methoxy groups -OCH3 is 2. The first-order valence-electron chi connectivity index (χ1n) is 9.67. The number of ether oxygens (including phenoxy) is 2. The molecule has 0 radical (unpaired) electrons. The van der Waals surface area contributed by atoms with Crippen molar-refractivity contribution in [2.24, 2.45) is 10.7 Å². The normalized spacial score (nSPS) is 21.8. The van der Waals surface area contributed by atoms with Crippen LogP contribution < -0.4 is 20.7 Å². The van der Waals surface area contributed by atoms with E-state index in [1.165, 1.54) is 21.3 Å². The summed E-state index contributed by atoms with van der Waals surface area (Å²) in [5.41, 5.74) is 4.30. The number of hydrogen-bond donors (Lipinski definition) is 2. The summed E-state index contributed by atoms with van der Waals surface area (Å²) in [5.74, 6) is -3.53. The van der Waals surface area contributed by atoms with E-state index in [0.29, 0.717) is 23.5 Å². The summed E-state index contributed by atoms with van der Waals surface area (Å²) in [6.07, 6.45) is 0. The first kappa shape index (κ1) is 24.7. The Morgan fingerprint density at radius 2 is 2.00 bits per heavy atom. The first-order chi connectivity index (χ1) is 15.6. The van der Waals surface area contributed by atoms with Crippen LogP contribution >= 0.6 is 0 Å². The summed E-state index contributed by atoms with van der Waals surface area (Å²) in [4.78, 5) is 9.68. The molecule has 1 fully saturated rings. The lowest BCUT2D eigenvalue weighted by molar-refractivity contribution is 0.184. The molecular weight excluding hydrogens is 463 g/mol. The van der Waals surface area contributed by atoms with Crippen LogP contribution in [0.4, 0.5) is 19.0 Å². The largest absolute Gasteiger partial charge is 0.772 e. The molecule has 1 aromatic carbocycles. The third-order valence-electron chi connectivity index (χ3n) is 5.38. The van der Waals surface area contributed by atoms with Gasteiger partial charge in [-0.1, -0.05) is 0 Å². The SMILES string of the molecule is CN=C(N)NC1(c2cc(F)c(F)cc2F)CN(c2cc(COC)cc(OC)n2)CC1S(=O)[O-]. The Kier molecular flexibility index (Phi) is 7.44. The number of rotatable bonds is 7. The molecule has 33 heavy (non-hydrogen) atoms. The highest BCUT2D eigenvalue weighted by atomic mass is 32.2. The Balaban J connectivity index is 2.19. The van der Waals surface area contributed by atoms with Crippen molar-refractivity contribution in [3.63, 3.8) is 0 Å². The number of anilines is 1. The first-order valence-corrected chi connectivity index (χ1v) is 10.8. The number of halogens is 3. The lowest BCUT2D eigenvalue weighted by atomic mass is 9.87. The van der Waals surface area contributed by atoms with E-state index in [1.54, 1.807) is 17.0 Å². The van der Waals surface area contributed by atoms with Gasteiger partial charge in [-0.25, -0.2) is 13.2 Å². The van der Waals surface area contributed by atoms with Gasteiger partial charge in [0.1, 0.15) is 17.2 Å². The second kappa shape index (κ2) is 9.93. The van der Waals surface area contributed by atoms with Gasteiger partial charge in [0.25, 0.3) is 0 Å². The fourth-order valence-corrected chi connectivity index (χ4v) is 4.77. The third-order valence-corrected chi connectivity index (χ3v) is 6.40. The smallest absolute Gasteiger partial charge is 0.215 e. The van der Waals surface area contributed by atoms with Crippen LogP contribution in [-0.4, -0.2) is 59.3 Å². The van der Waals surface area contributed by atoms with Crippen molar-refractivity contribution in [1.82, 2.24) is 10.3 Å². The summed E-state index contributed by atoms with van der Waals surface area (Å²) in [5, 5.41) is 1.39. The average Bonchev–Trinajstić information content (AvgIpc) is 3.16.